The molecule has 0 aromatic carbocycles. The van der Waals surface area contributed by atoms with E-state index in [2.05, 4.69) is 5.43 Å². The van der Waals surface area contributed by atoms with E-state index in [0.717, 1.165) is 0 Å². The Morgan fingerprint density at radius 1 is 1.00 bits per heavy atom. The molecule has 0 heterocycles. The van der Waals surface area contributed by atoms with Gasteiger partial charge < -0.3 is 25.5 Å². The SMILES string of the molecule is Cl.NNC[C@H](O)[C@@H](O)[C@H](O)[C@H](O)CO. The van der Waals surface area contributed by atoms with E-state index in [0.29, 0.717) is 0 Å². The van der Waals surface area contributed by atoms with Crippen LogP contribution < -0.4 is 11.3 Å². The monoisotopic (exact) mass is 232 g/mol. The maximum absolute atomic E-state index is 9.15. The van der Waals surface area contributed by atoms with Crippen molar-refractivity contribution in [1.29, 1.82) is 0 Å². The fourth-order valence-electron chi connectivity index (χ4n) is 0.805. The zero-order valence-electron chi connectivity index (χ0n) is 7.45. The summed E-state index contributed by atoms with van der Waals surface area (Å²) in [4.78, 5) is 0. The molecule has 8 N–H and O–H groups in total. The number of hydrogen-bond donors (Lipinski definition) is 7. The molecule has 88 valence electrons. The minimum atomic E-state index is -1.60. The van der Waals surface area contributed by atoms with Crippen molar-refractivity contribution >= 4 is 12.4 Å². The zero-order chi connectivity index (χ0) is 10.4. The van der Waals surface area contributed by atoms with Gasteiger partial charge in [-0.25, -0.2) is 0 Å². The summed E-state index contributed by atoms with van der Waals surface area (Å²) in [5.74, 6) is 4.86. The van der Waals surface area contributed by atoms with Crippen molar-refractivity contribution in [3.05, 3.63) is 0 Å². The molecular weight excluding hydrogens is 216 g/mol. The molecule has 0 bridgehead atoms. The highest BCUT2D eigenvalue weighted by Gasteiger charge is 2.29. The van der Waals surface area contributed by atoms with Gasteiger partial charge in [0.2, 0.25) is 0 Å². The third kappa shape index (κ3) is 5.03. The molecule has 0 saturated heterocycles. The van der Waals surface area contributed by atoms with Gasteiger partial charge in [0.25, 0.3) is 0 Å². The van der Waals surface area contributed by atoms with Crippen LogP contribution in [0, 0.1) is 0 Å². The van der Waals surface area contributed by atoms with Crippen LogP contribution in [0.5, 0.6) is 0 Å². The van der Waals surface area contributed by atoms with E-state index in [1.807, 2.05) is 0 Å². The topological polar surface area (TPSA) is 139 Å². The van der Waals surface area contributed by atoms with Crippen LogP contribution in [0.2, 0.25) is 0 Å². The van der Waals surface area contributed by atoms with Crippen molar-refractivity contribution < 1.29 is 25.5 Å². The Kier molecular flexibility index (Phi) is 9.78. The van der Waals surface area contributed by atoms with E-state index in [1.54, 1.807) is 0 Å². The first-order valence-corrected chi connectivity index (χ1v) is 3.81. The lowest BCUT2D eigenvalue weighted by Gasteiger charge is -2.25. The minimum Gasteiger partial charge on any atom is -0.394 e. The first-order valence-electron chi connectivity index (χ1n) is 3.81. The van der Waals surface area contributed by atoms with E-state index < -0.39 is 31.0 Å². The number of halogens is 1. The fraction of sp³-hybridized carbons (Fsp3) is 1.00. The van der Waals surface area contributed by atoms with E-state index in [1.165, 1.54) is 0 Å². The van der Waals surface area contributed by atoms with Crippen LogP contribution in [0.25, 0.3) is 0 Å². The molecule has 0 aromatic rings. The summed E-state index contributed by atoms with van der Waals surface area (Å²) in [5.41, 5.74) is 2.09. The lowest BCUT2D eigenvalue weighted by molar-refractivity contribution is -0.113. The maximum Gasteiger partial charge on any atom is 0.111 e. The number of hydrogen-bond acceptors (Lipinski definition) is 7. The van der Waals surface area contributed by atoms with Crippen LogP contribution in [0.1, 0.15) is 0 Å². The zero-order valence-corrected chi connectivity index (χ0v) is 8.26. The molecular formula is C6H17ClN2O5. The van der Waals surface area contributed by atoms with Crippen molar-refractivity contribution in [2.24, 2.45) is 5.84 Å². The number of aliphatic hydroxyl groups excluding tert-OH is 5. The highest BCUT2D eigenvalue weighted by molar-refractivity contribution is 5.85. The van der Waals surface area contributed by atoms with Crippen LogP contribution in [0.15, 0.2) is 0 Å². The van der Waals surface area contributed by atoms with Crippen LogP contribution in [0.4, 0.5) is 0 Å². The number of hydrazine groups is 1. The summed E-state index contributed by atoms with van der Waals surface area (Å²) in [5, 5.41) is 44.6. The van der Waals surface area contributed by atoms with E-state index in [-0.39, 0.29) is 19.0 Å². The third-order valence-corrected chi connectivity index (χ3v) is 1.65. The average molecular weight is 233 g/mol. The lowest BCUT2D eigenvalue weighted by atomic mass is 10.0. The molecule has 0 amide bonds. The second kappa shape index (κ2) is 8.33. The van der Waals surface area contributed by atoms with Crippen molar-refractivity contribution in [2.45, 2.75) is 24.4 Å². The summed E-state index contributed by atoms with van der Waals surface area (Å²) in [6.45, 7) is -0.822. The molecule has 0 spiro atoms. The molecule has 0 fully saturated rings. The molecule has 0 aliphatic carbocycles. The van der Waals surface area contributed by atoms with Gasteiger partial charge in [-0.1, -0.05) is 0 Å². The normalized spacial score (nSPS) is 19.3. The molecule has 0 aliphatic rings. The van der Waals surface area contributed by atoms with Crippen LogP contribution in [0.3, 0.4) is 0 Å². The van der Waals surface area contributed by atoms with Gasteiger partial charge in [0.15, 0.2) is 0 Å². The van der Waals surface area contributed by atoms with Crippen molar-refractivity contribution in [3.8, 4) is 0 Å². The van der Waals surface area contributed by atoms with E-state index >= 15 is 0 Å². The van der Waals surface area contributed by atoms with Crippen LogP contribution in [-0.2, 0) is 0 Å². The number of nitrogens with one attached hydrogen (secondary N) is 1. The standard InChI is InChI=1S/C6H16N2O5.ClH/c7-8-1-3(10)5(12)6(13)4(11)2-9;/h3-6,8-13H,1-2,7H2;1H/t3-,4+,5+,6+;/m0./s1. The van der Waals surface area contributed by atoms with Gasteiger partial charge in [-0.2, -0.15) is 0 Å². The molecule has 0 aromatic heterocycles. The largest absolute Gasteiger partial charge is 0.394 e. The minimum absolute atomic E-state index is 0. The van der Waals surface area contributed by atoms with Crippen molar-refractivity contribution in [1.82, 2.24) is 5.43 Å². The van der Waals surface area contributed by atoms with Gasteiger partial charge >= 0.3 is 0 Å². The first-order chi connectivity index (χ1) is 6.04. The van der Waals surface area contributed by atoms with Crippen molar-refractivity contribution in [2.75, 3.05) is 13.2 Å². The number of aliphatic hydroxyl groups is 5. The van der Waals surface area contributed by atoms with E-state index in [4.69, 9.17) is 31.4 Å². The number of rotatable bonds is 6. The van der Waals surface area contributed by atoms with Gasteiger partial charge in [-0.05, 0) is 0 Å². The predicted octanol–water partition coefficient (Wildman–Crippen LogP) is -3.69. The molecule has 14 heavy (non-hydrogen) atoms. The van der Waals surface area contributed by atoms with Gasteiger partial charge in [0.05, 0.1) is 12.7 Å². The highest BCUT2D eigenvalue weighted by Crippen LogP contribution is 2.03. The first kappa shape index (κ1) is 16.4. The Morgan fingerprint density at radius 2 is 1.43 bits per heavy atom. The summed E-state index contributed by atoms with van der Waals surface area (Å²) in [6, 6.07) is 0. The Bertz CT molecular complexity index is 141. The van der Waals surface area contributed by atoms with Gasteiger partial charge in [-0.3, -0.25) is 11.3 Å². The van der Waals surface area contributed by atoms with Crippen molar-refractivity contribution in [3.63, 3.8) is 0 Å². The van der Waals surface area contributed by atoms with Crippen LogP contribution in [-0.4, -0.2) is 63.1 Å². The molecule has 4 atom stereocenters. The summed E-state index contributed by atoms with van der Waals surface area (Å²) < 4.78 is 0. The second-order valence-corrected chi connectivity index (χ2v) is 2.71. The lowest BCUT2D eigenvalue weighted by Crippen LogP contribution is -2.49. The quantitative estimate of drug-likeness (QED) is 0.185. The Labute approximate surface area is 87.5 Å². The predicted molar refractivity (Wildman–Crippen MR) is 50.6 cm³/mol. The highest BCUT2D eigenvalue weighted by atomic mass is 35.5. The molecule has 0 rings (SSSR count). The summed E-state index contributed by atoms with van der Waals surface area (Å²) in [7, 11) is 0. The van der Waals surface area contributed by atoms with Gasteiger partial charge in [-0.15, -0.1) is 12.4 Å². The second-order valence-electron chi connectivity index (χ2n) is 2.71. The third-order valence-electron chi connectivity index (χ3n) is 1.65. The fourth-order valence-corrected chi connectivity index (χ4v) is 0.805. The van der Waals surface area contributed by atoms with Gasteiger partial charge in [0, 0.05) is 6.54 Å². The Hall–Kier alpha value is 0.01000. The molecule has 0 radical (unpaired) electrons. The van der Waals surface area contributed by atoms with E-state index in [9.17, 15) is 0 Å². The summed E-state index contributed by atoms with van der Waals surface area (Å²) in [6.07, 6.45) is -5.95. The average Bonchev–Trinajstić information content (AvgIpc) is 2.14. The Balaban J connectivity index is 0. The Morgan fingerprint density at radius 3 is 1.79 bits per heavy atom. The molecule has 0 aliphatic heterocycles. The van der Waals surface area contributed by atoms with Crippen LogP contribution >= 0.6 is 12.4 Å². The molecule has 7 nitrogen and oxygen atoms in total. The molecule has 8 heteroatoms. The molecule has 0 saturated carbocycles. The smallest absolute Gasteiger partial charge is 0.111 e. The maximum atomic E-state index is 9.15. The summed E-state index contributed by atoms with van der Waals surface area (Å²) >= 11 is 0. The van der Waals surface area contributed by atoms with Gasteiger partial charge in [0.1, 0.15) is 18.3 Å². The number of nitrogens with two attached hydrogens (primary N) is 1. The molecule has 0 unspecified atom stereocenters.